The van der Waals surface area contributed by atoms with Gasteiger partial charge in [0.2, 0.25) is 0 Å². The van der Waals surface area contributed by atoms with E-state index in [9.17, 15) is 5.11 Å². The van der Waals surface area contributed by atoms with Gasteiger partial charge in [0.15, 0.2) is 0 Å². The highest BCUT2D eigenvalue weighted by Gasteiger charge is 2.04. The van der Waals surface area contributed by atoms with Crippen LogP contribution in [0.4, 0.5) is 0 Å². The van der Waals surface area contributed by atoms with Crippen LogP contribution < -0.4 is 5.32 Å². The smallest absolute Gasteiger partial charge is 0.134 e. The molecule has 0 heterocycles. The van der Waals surface area contributed by atoms with E-state index in [1.165, 1.54) is 0 Å². The van der Waals surface area contributed by atoms with Crippen molar-refractivity contribution in [2.24, 2.45) is 0 Å². The molecule has 0 aromatic heterocycles. The van der Waals surface area contributed by atoms with Crippen LogP contribution in [0.2, 0.25) is 0 Å². The van der Waals surface area contributed by atoms with Gasteiger partial charge < -0.3 is 15.3 Å². The summed E-state index contributed by atoms with van der Waals surface area (Å²) in [5, 5.41) is 13.2. The lowest BCUT2D eigenvalue weighted by Gasteiger charge is -2.17. The lowest BCUT2D eigenvalue weighted by molar-refractivity contribution is 0.298. The number of hydrogen-bond donors (Lipinski definition) is 2. The SMILES string of the molecule is CCN(CC)CCCNCc1cccc(Br)c1O. The Bertz CT molecular complexity index is 354. The highest BCUT2D eigenvalue weighted by molar-refractivity contribution is 9.10. The van der Waals surface area contributed by atoms with Crippen molar-refractivity contribution in [2.45, 2.75) is 26.8 Å². The summed E-state index contributed by atoms with van der Waals surface area (Å²) in [6, 6.07) is 5.73. The minimum Gasteiger partial charge on any atom is -0.506 e. The Balaban J connectivity index is 2.24. The summed E-state index contributed by atoms with van der Waals surface area (Å²) in [7, 11) is 0. The van der Waals surface area contributed by atoms with E-state index >= 15 is 0 Å². The van der Waals surface area contributed by atoms with Gasteiger partial charge in [-0.25, -0.2) is 0 Å². The second-order valence-electron chi connectivity index (χ2n) is 4.30. The van der Waals surface area contributed by atoms with Crippen LogP contribution in [0.1, 0.15) is 25.8 Å². The standard InChI is InChI=1S/C14H23BrN2O/c1-3-17(4-2)10-6-9-16-11-12-7-5-8-13(15)14(12)18/h5,7-8,16,18H,3-4,6,9-11H2,1-2H3. The molecule has 0 aliphatic heterocycles. The van der Waals surface area contributed by atoms with Crippen LogP contribution in [0.5, 0.6) is 5.75 Å². The maximum Gasteiger partial charge on any atom is 0.134 e. The van der Waals surface area contributed by atoms with Gasteiger partial charge in [-0.1, -0.05) is 26.0 Å². The first-order chi connectivity index (χ1) is 8.69. The van der Waals surface area contributed by atoms with Crippen LogP contribution in [-0.2, 0) is 6.54 Å². The maximum absolute atomic E-state index is 9.82. The van der Waals surface area contributed by atoms with Crippen molar-refractivity contribution < 1.29 is 5.11 Å². The third kappa shape index (κ3) is 4.96. The van der Waals surface area contributed by atoms with Crippen molar-refractivity contribution in [3.8, 4) is 5.75 Å². The van der Waals surface area contributed by atoms with Gasteiger partial charge in [-0.15, -0.1) is 0 Å². The first-order valence-corrected chi connectivity index (χ1v) is 7.37. The number of benzene rings is 1. The van der Waals surface area contributed by atoms with Crippen LogP contribution in [0.3, 0.4) is 0 Å². The average Bonchev–Trinajstić information content (AvgIpc) is 2.38. The summed E-state index contributed by atoms with van der Waals surface area (Å²) in [4.78, 5) is 2.41. The molecule has 4 heteroatoms. The number of nitrogens with one attached hydrogen (secondary N) is 1. The quantitative estimate of drug-likeness (QED) is 0.724. The van der Waals surface area contributed by atoms with Crippen LogP contribution in [0, 0.1) is 0 Å². The van der Waals surface area contributed by atoms with Crippen molar-refractivity contribution in [1.29, 1.82) is 0 Å². The van der Waals surface area contributed by atoms with Crippen molar-refractivity contribution in [2.75, 3.05) is 26.2 Å². The van der Waals surface area contributed by atoms with Gasteiger partial charge in [-0.3, -0.25) is 0 Å². The monoisotopic (exact) mass is 314 g/mol. The lowest BCUT2D eigenvalue weighted by Crippen LogP contribution is -2.27. The highest BCUT2D eigenvalue weighted by Crippen LogP contribution is 2.27. The van der Waals surface area contributed by atoms with E-state index < -0.39 is 0 Å². The number of aromatic hydroxyl groups is 1. The molecule has 0 aliphatic carbocycles. The number of halogens is 1. The second-order valence-corrected chi connectivity index (χ2v) is 5.16. The Hall–Kier alpha value is -0.580. The number of rotatable bonds is 8. The normalized spacial score (nSPS) is 11.1. The predicted octanol–water partition coefficient (Wildman–Crippen LogP) is 2.98. The zero-order chi connectivity index (χ0) is 13.4. The van der Waals surface area contributed by atoms with Gasteiger partial charge in [0.05, 0.1) is 4.47 Å². The average molecular weight is 315 g/mol. The molecule has 0 aliphatic rings. The zero-order valence-corrected chi connectivity index (χ0v) is 12.8. The van der Waals surface area contributed by atoms with E-state index in [1.807, 2.05) is 18.2 Å². The Morgan fingerprint density at radius 2 is 2.00 bits per heavy atom. The summed E-state index contributed by atoms with van der Waals surface area (Å²) in [6.45, 7) is 9.43. The molecule has 0 saturated heterocycles. The topological polar surface area (TPSA) is 35.5 Å². The molecule has 2 N–H and O–H groups in total. The van der Waals surface area contributed by atoms with Crippen LogP contribution in [0.25, 0.3) is 0 Å². The Labute approximate surface area is 118 Å². The Morgan fingerprint density at radius 1 is 1.28 bits per heavy atom. The molecular formula is C14H23BrN2O. The van der Waals surface area contributed by atoms with Crippen molar-refractivity contribution in [3.05, 3.63) is 28.2 Å². The van der Waals surface area contributed by atoms with Gasteiger partial charge in [-0.05, 0) is 54.6 Å². The van der Waals surface area contributed by atoms with Gasteiger partial charge in [0.25, 0.3) is 0 Å². The van der Waals surface area contributed by atoms with E-state index in [1.54, 1.807) is 0 Å². The Kier molecular flexibility index (Phi) is 7.32. The molecule has 0 amide bonds. The van der Waals surface area contributed by atoms with Crippen LogP contribution >= 0.6 is 15.9 Å². The van der Waals surface area contributed by atoms with Crippen molar-refractivity contribution in [1.82, 2.24) is 10.2 Å². The molecule has 0 atom stereocenters. The summed E-state index contributed by atoms with van der Waals surface area (Å²) in [6.07, 6.45) is 1.14. The third-order valence-electron chi connectivity index (χ3n) is 3.11. The van der Waals surface area contributed by atoms with E-state index in [2.05, 4.69) is 40.0 Å². The van der Waals surface area contributed by atoms with Gasteiger partial charge in [-0.2, -0.15) is 0 Å². The molecular weight excluding hydrogens is 292 g/mol. The van der Waals surface area contributed by atoms with E-state index in [-0.39, 0.29) is 0 Å². The van der Waals surface area contributed by atoms with Crippen molar-refractivity contribution in [3.63, 3.8) is 0 Å². The van der Waals surface area contributed by atoms with Gasteiger partial charge in [0, 0.05) is 12.1 Å². The molecule has 1 rings (SSSR count). The number of nitrogens with zero attached hydrogens (tertiary/aromatic N) is 1. The fraction of sp³-hybridized carbons (Fsp3) is 0.571. The summed E-state index contributed by atoms with van der Waals surface area (Å²) >= 11 is 3.32. The minimum absolute atomic E-state index is 0.341. The minimum atomic E-state index is 0.341. The number of phenolic OH excluding ortho intramolecular Hbond substituents is 1. The van der Waals surface area contributed by atoms with Crippen molar-refractivity contribution >= 4 is 15.9 Å². The fourth-order valence-electron chi connectivity index (χ4n) is 1.89. The number of phenols is 1. The first kappa shape index (κ1) is 15.5. The molecule has 3 nitrogen and oxygen atoms in total. The third-order valence-corrected chi connectivity index (χ3v) is 3.75. The van der Waals surface area contributed by atoms with E-state index in [0.29, 0.717) is 12.3 Å². The fourth-order valence-corrected chi connectivity index (χ4v) is 2.30. The highest BCUT2D eigenvalue weighted by atomic mass is 79.9. The summed E-state index contributed by atoms with van der Waals surface area (Å²) in [5.74, 6) is 0.341. The summed E-state index contributed by atoms with van der Waals surface area (Å²) < 4.78 is 0.755. The predicted molar refractivity (Wildman–Crippen MR) is 79.9 cm³/mol. The molecule has 0 bridgehead atoms. The second kappa shape index (κ2) is 8.51. The summed E-state index contributed by atoms with van der Waals surface area (Å²) in [5.41, 5.74) is 0.937. The number of para-hydroxylation sites is 1. The molecule has 0 unspecified atom stereocenters. The Morgan fingerprint density at radius 3 is 2.67 bits per heavy atom. The van der Waals surface area contributed by atoms with Crippen LogP contribution in [-0.4, -0.2) is 36.2 Å². The molecule has 1 aromatic carbocycles. The first-order valence-electron chi connectivity index (χ1n) is 6.58. The molecule has 0 radical (unpaired) electrons. The molecule has 0 saturated carbocycles. The van der Waals surface area contributed by atoms with Gasteiger partial charge in [0.1, 0.15) is 5.75 Å². The number of hydrogen-bond acceptors (Lipinski definition) is 3. The molecule has 102 valence electrons. The largest absolute Gasteiger partial charge is 0.506 e. The van der Waals surface area contributed by atoms with Crippen LogP contribution in [0.15, 0.2) is 22.7 Å². The van der Waals surface area contributed by atoms with E-state index in [0.717, 1.165) is 42.6 Å². The molecule has 1 aromatic rings. The zero-order valence-electron chi connectivity index (χ0n) is 11.2. The van der Waals surface area contributed by atoms with Gasteiger partial charge >= 0.3 is 0 Å². The molecule has 0 fully saturated rings. The maximum atomic E-state index is 9.82. The lowest BCUT2D eigenvalue weighted by atomic mass is 10.2. The molecule has 18 heavy (non-hydrogen) atoms. The molecule has 0 spiro atoms. The van der Waals surface area contributed by atoms with E-state index in [4.69, 9.17) is 0 Å².